The Labute approximate surface area is 127 Å². The number of hydrogen-bond acceptors (Lipinski definition) is 4. The Morgan fingerprint density at radius 3 is 2.76 bits per heavy atom. The summed E-state index contributed by atoms with van der Waals surface area (Å²) in [6.07, 6.45) is 1.66. The quantitative estimate of drug-likeness (QED) is 0.682. The SMILES string of the molecule is CC(=O)N/N=C/c1ccc2c(c1)Sc1ccccc1N2C. The lowest BCUT2D eigenvalue weighted by Gasteiger charge is -2.29. The maximum absolute atomic E-state index is 10.8. The second-order valence-electron chi connectivity index (χ2n) is 4.78. The van der Waals surface area contributed by atoms with Gasteiger partial charge in [0.25, 0.3) is 0 Å². The standard InChI is InChI=1S/C16H15N3OS/c1-11(20)18-17-10-12-7-8-14-16(9-12)21-15-6-4-3-5-13(15)19(14)2/h3-10H,1-2H3,(H,18,20)/b17-10+. The molecule has 0 unspecified atom stereocenters. The van der Waals surface area contributed by atoms with E-state index in [1.807, 2.05) is 12.1 Å². The zero-order valence-electron chi connectivity index (χ0n) is 11.8. The molecule has 1 amide bonds. The first kappa shape index (κ1) is 13.7. The van der Waals surface area contributed by atoms with Crippen LogP contribution in [-0.4, -0.2) is 19.2 Å². The number of hydrogen-bond donors (Lipinski definition) is 1. The Bertz CT molecular complexity index is 727. The van der Waals surface area contributed by atoms with Crippen LogP contribution < -0.4 is 10.3 Å². The molecule has 2 aromatic rings. The van der Waals surface area contributed by atoms with Crippen LogP contribution in [0.2, 0.25) is 0 Å². The Morgan fingerprint density at radius 1 is 1.19 bits per heavy atom. The van der Waals surface area contributed by atoms with Crippen molar-refractivity contribution < 1.29 is 4.79 Å². The van der Waals surface area contributed by atoms with Crippen LogP contribution in [0.4, 0.5) is 11.4 Å². The van der Waals surface area contributed by atoms with Crippen molar-refractivity contribution in [3.05, 3.63) is 48.0 Å². The predicted octanol–water partition coefficient (Wildman–Crippen LogP) is 3.39. The van der Waals surface area contributed by atoms with Gasteiger partial charge in [0, 0.05) is 23.8 Å². The Kier molecular flexibility index (Phi) is 3.66. The van der Waals surface area contributed by atoms with Crippen molar-refractivity contribution in [3.8, 4) is 0 Å². The average molecular weight is 297 g/mol. The third kappa shape index (κ3) is 2.78. The fraction of sp³-hybridized carbons (Fsp3) is 0.125. The van der Waals surface area contributed by atoms with E-state index in [0.717, 1.165) is 5.56 Å². The third-order valence-electron chi connectivity index (χ3n) is 3.23. The summed E-state index contributed by atoms with van der Waals surface area (Å²) in [6.45, 7) is 1.44. The van der Waals surface area contributed by atoms with Crippen LogP contribution in [0.15, 0.2) is 57.4 Å². The normalized spacial score (nSPS) is 13.0. The van der Waals surface area contributed by atoms with E-state index in [1.165, 1.54) is 28.1 Å². The number of hydrazone groups is 1. The minimum absolute atomic E-state index is 0.174. The van der Waals surface area contributed by atoms with Gasteiger partial charge in [-0.3, -0.25) is 4.79 Å². The Hall–Kier alpha value is -2.27. The van der Waals surface area contributed by atoms with Crippen LogP contribution in [0.3, 0.4) is 0 Å². The van der Waals surface area contributed by atoms with Gasteiger partial charge in [0.15, 0.2) is 0 Å². The molecule has 1 N–H and O–H groups in total. The molecule has 0 bridgehead atoms. The first-order valence-corrected chi connectivity index (χ1v) is 7.41. The summed E-state index contributed by atoms with van der Waals surface area (Å²) in [5.74, 6) is -0.174. The Morgan fingerprint density at radius 2 is 1.95 bits per heavy atom. The minimum atomic E-state index is -0.174. The highest BCUT2D eigenvalue weighted by atomic mass is 32.2. The molecule has 3 rings (SSSR count). The maximum atomic E-state index is 10.8. The minimum Gasteiger partial charge on any atom is -0.343 e. The first-order valence-electron chi connectivity index (χ1n) is 6.59. The summed E-state index contributed by atoms with van der Waals surface area (Å²) in [4.78, 5) is 15.4. The lowest BCUT2D eigenvalue weighted by Crippen LogP contribution is -2.15. The number of fused-ring (bicyclic) bond motifs is 2. The van der Waals surface area contributed by atoms with Gasteiger partial charge in [-0.2, -0.15) is 5.10 Å². The van der Waals surface area contributed by atoms with Crippen molar-refractivity contribution in [1.82, 2.24) is 5.43 Å². The van der Waals surface area contributed by atoms with Crippen LogP contribution in [0.25, 0.3) is 0 Å². The third-order valence-corrected chi connectivity index (χ3v) is 4.34. The molecule has 0 saturated heterocycles. The van der Waals surface area contributed by atoms with Crippen LogP contribution in [-0.2, 0) is 4.79 Å². The van der Waals surface area contributed by atoms with E-state index in [2.05, 4.69) is 52.8 Å². The van der Waals surface area contributed by atoms with Crippen molar-refractivity contribution >= 4 is 35.3 Å². The molecular formula is C16H15N3OS. The van der Waals surface area contributed by atoms with Crippen LogP contribution in [0, 0.1) is 0 Å². The van der Waals surface area contributed by atoms with E-state index >= 15 is 0 Å². The van der Waals surface area contributed by atoms with Crippen LogP contribution in [0.5, 0.6) is 0 Å². The molecule has 1 heterocycles. The molecule has 1 aliphatic heterocycles. The molecule has 5 heteroatoms. The van der Waals surface area contributed by atoms with Gasteiger partial charge in [0.1, 0.15) is 0 Å². The first-order chi connectivity index (χ1) is 10.1. The fourth-order valence-corrected chi connectivity index (χ4v) is 3.43. The maximum Gasteiger partial charge on any atom is 0.236 e. The molecule has 0 radical (unpaired) electrons. The van der Waals surface area contributed by atoms with Crippen molar-refractivity contribution in [1.29, 1.82) is 0 Å². The predicted molar refractivity (Wildman–Crippen MR) is 86.5 cm³/mol. The topological polar surface area (TPSA) is 44.7 Å². The van der Waals surface area contributed by atoms with E-state index in [4.69, 9.17) is 0 Å². The molecule has 0 aliphatic carbocycles. The molecule has 1 aliphatic rings. The number of benzene rings is 2. The van der Waals surface area contributed by atoms with Gasteiger partial charge in [-0.25, -0.2) is 5.43 Å². The summed E-state index contributed by atoms with van der Waals surface area (Å²) in [5, 5.41) is 3.91. The highest BCUT2D eigenvalue weighted by Crippen LogP contribution is 2.47. The van der Waals surface area contributed by atoms with Gasteiger partial charge in [0.2, 0.25) is 5.91 Å². The fourth-order valence-electron chi connectivity index (χ4n) is 2.24. The van der Waals surface area contributed by atoms with E-state index < -0.39 is 0 Å². The van der Waals surface area contributed by atoms with Gasteiger partial charge in [-0.15, -0.1) is 0 Å². The molecular weight excluding hydrogens is 282 g/mol. The molecule has 0 spiro atoms. The van der Waals surface area contributed by atoms with E-state index in [-0.39, 0.29) is 5.91 Å². The lowest BCUT2D eigenvalue weighted by atomic mass is 10.2. The summed E-state index contributed by atoms with van der Waals surface area (Å²) in [5.41, 5.74) is 5.77. The number of carbonyl (C=O) groups excluding carboxylic acids is 1. The summed E-state index contributed by atoms with van der Waals surface area (Å²) >= 11 is 1.75. The van der Waals surface area contributed by atoms with Gasteiger partial charge in [0.05, 0.1) is 17.6 Å². The van der Waals surface area contributed by atoms with Crippen molar-refractivity contribution in [2.75, 3.05) is 11.9 Å². The number of anilines is 2. The lowest BCUT2D eigenvalue weighted by molar-refractivity contribution is -0.118. The molecule has 21 heavy (non-hydrogen) atoms. The summed E-state index contributed by atoms with van der Waals surface area (Å²) < 4.78 is 0. The molecule has 0 aromatic heterocycles. The second kappa shape index (κ2) is 5.61. The Balaban J connectivity index is 1.91. The second-order valence-corrected chi connectivity index (χ2v) is 5.87. The zero-order valence-corrected chi connectivity index (χ0v) is 12.6. The van der Waals surface area contributed by atoms with Gasteiger partial charge >= 0.3 is 0 Å². The highest BCUT2D eigenvalue weighted by molar-refractivity contribution is 7.99. The monoisotopic (exact) mass is 297 g/mol. The summed E-state index contributed by atoms with van der Waals surface area (Å²) in [6, 6.07) is 14.5. The molecule has 0 fully saturated rings. The van der Waals surface area contributed by atoms with Crippen LogP contribution in [0.1, 0.15) is 12.5 Å². The number of nitrogens with one attached hydrogen (secondary N) is 1. The number of para-hydroxylation sites is 1. The number of amides is 1. The number of carbonyl (C=O) groups is 1. The van der Waals surface area contributed by atoms with Crippen molar-refractivity contribution in [2.45, 2.75) is 16.7 Å². The zero-order chi connectivity index (χ0) is 14.8. The van der Waals surface area contributed by atoms with E-state index in [1.54, 1.807) is 18.0 Å². The highest BCUT2D eigenvalue weighted by Gasteiger charge is 2.19. The molecule has 106 valence electrons. The smallest absolute Gasteiger partial charge is 0.236 e. The van der Waals surface area contributed by atoms with Gasteiger partial charge in [-0.1, -0.05) is 30.0 Å². The van der Waals surface area contributed by atoms with E-state index in [0.29, 0.717) is 0 Å². The van der Waals surface area contributed by atoms with E-state index in [9.17, 15) is 4.79 Å². The van der Waals surface area contributed by atoms with Gasteiger partial charge in [-0.05, 0) is 29.8 Å². The van der Waals surface area contributed by atoms with Crippen LogP contribution >= 0.6 is 11.8 Å². The molecule has 0 atom stereocenters. The average Bonchev–Trinajstić information content (AvgIpc) is 2.47. The number of rotatable bonds is 2. The van der Waals surface area contributed by atoms with Gasteiger partial charge < -0.3 is 4.90 Å². The molecule has 0 saturated carbocycles. The number of nitrogens with zero attached hydrogens (tertiary/aromatic N) is 2. The molecule has 2 aromatic carbocycles. The summed E-state index contributed by atoms with van der Waals surface area (Å²) in [7, 11) is 2.07. The largest absolute Gasteiger partial charge is 0.343 e. The van der Waals surface area contributed by atoms with Crippen molar-refractivity contribution in [2.24, 2.45) is 5.10 Å². The van der Waals surface area contributed by atoms with Crippen molar-refractivity contribution in [3.63, 3.8) is 0 Å². The molecule has 4 nitrogen and oxygen atoms in total.